The fourth-order valence-electron chi connectivity index (χ4n) is 2.65. The van der Waals surface area contributed by atoms with E-state index in [1.54, 1.807) is 0 Å². The monoisotopic (exact) mass is 348 g/mol. The Morgan fingerprint density at radius 1 is 0.615 bits per heavy atom. The summed E-state index contributed by atoms with van der Waals surface area (Å²) in [7, 11) is 0. The zero-order valence-corrected chi connectivity index (χ0v) is 14.7. The number of hydrogen-bond donors (Lipinski definition) is 2. The van der Waals surface area contributed by atoms with Crippen LogP contribution in [-0.2, 0) is 19.6 Å². The van der Waals surface area contributed by atoms with Crippen molar-refractivity contribution in [3.8, 4) is 11.5 Å². The Balaban J connectivity index is 1.75. The average Bonchev–Trinajstić information content (AvgIpc) is 2.67. The fourth-order valence-corrected chi connectivity index (χ4v) is 2.65. The molecule has 0 aliphatic rings. The Morgan fingerprint density at radius 3 is 1.69 bits per heavy atom. The van der Waals surface area contributed by atoms with Gasteiger partial charge in [-0.1, -0.05) is 66.7 Å². The van der Waals surface area contributed by atoms with Crippen LogP contribution in [-0.4, -0.2) is 6.17 Å². The minimum Gasteiger partial charge on any atom is -0.485 e. The van der Waals surface area contributed by atoms with E-state index in [1.807, 2.05) is 78.9 Å². The molecule has 0 bridgehead atoms. The predicted molar refractivity (Wildman–Crippen MR) is 104 cm³/mol. The molecule has 0 aliphatic heterocycles. The van der Waals surface area contributed by atoms with Crippen LogP contribution < -0.4 is 20.9 Å². The molecule has 0 saturated heterocycles. The van der Waals surface area contributed by atoms with E-state index < -0.39 is 6.17 Å². The summed E-state index contributed by atoms with van der Waals surface area (Å²) in [6.45, 7) is 0.957. The lowest BCUT2D eigenvalue weighted by Gasteiger charge is -2.15. The second-order valence-corrected chi connectivity index (χ2v) is 6.20. The lowest BCUT2D eigenvalue weighted by molar-refractivity contribution is 0.255. The molecule has 4 N–H and O–H groups in total. The summed E-state index contributed by atoms with van der Waals surface area (Å²) < 4.78 is 12.0. The quantitative estimate of drug-likeness (QED) is 0.610. The van der Waals surface area contributed by atoms with Gasteiger partial charge in [0.25, 0.3) is 0 Å². The van der Waals surface area contributed by atoms with Crippen LogP contribution in [0.2, 0.25) is 0 Å². The highest BCUT2D eigenvalue weighted by atomic mass is 16.5. The van der Waals surface area contributed by atoms with Crippen molar-refractivity contribution in [1.29, 1.82) is 0 Å². The normalized spacial score (nSPS) is 10.7. The molecule has 0 aromatic heterocycles. The molecule has 0 saturated carbocycles. The average molecular weight is 348 g/mol. The minimum absolute atomic E-state index is 0.395. The summed E-state index contributed by atoms with van der Waals surface area (Å²) in [6.07, 6.45) is 0.189. The van der Waals surface area contributed by atoms with Gasteiger partial charge < -0.3 is 20.9 Å². The first-order chi connectivity index (χ1) is 12.7. The summed E-state index contributed by atoms with van der Waals surface area (Å²) in [5, 5.41) is 0. The van der Waals surface area contributed by atoms with Crippen LogP contribution in [0.5, 0.6) is 11.5 Å². The summed E-state index contributed by atoms with van der Waals surface area (Å²) in [5.41, 5.74) is 14.7. The Labute approximate surface area is 154 Å². The van der Waals surface area contributed by atoms with Crippen molar-refractivity contribution in [2.45, 2.75) is 25.8 Å². The van der Waals surface area contributed by atoms with Gasteiger partial charge in [0.05, 0.1) is 6.17 Å². The van der Waals surface area contributed by atoms with Crippen molar-refractivity contribution >= 4 is 0 Å². The highest BCUT2D eigenvalue weighted by molar-refractivity contribution is 5.43. The van der Waals surface area contributed by atoms with Crippen LogP contribution in [0.4, 0.5) is 0 Å². The number of ether oxygens (including phenoxy) is 2. The molecule has 3 aromatic carbocycles. The molecule has 0 spiro atoms. The van der Waals surface area contributed by atoms with Gasteiger partial charge in [-0.3, -0.25) is 0 Å². The van der Waals surface area contributed by atoms with E-state index in [0.717, 1.165) is 16.7 Å². The molecule has 0 aliphatic carbocycles. The lowest BCUT2D eigenvalue weighted by atomic mass is 10.1. The van der Waals surface area contributed by atoms with Gasteiger partial charge in [-0.25, -0.2) is 0 Å². The third-order valence-electron chi connectivity index (χ3n) is 3.95. The molecular weight excluding hydrogens is 324 g/mol. The topological polar surface area (TPSA) is 70.5 Å². The lowest BCUT2D eigenvalue weighted by Crippen LogP contribution is -2.32. The van der Waals surface area contributed by atoms with Gasteiger partial charge in [0.1, 0.15) is 13.2 Å². The first-order valence-electron chi connectivity index (χ1n) is 8.68. The number of benzene rings is 3. The molecule has 3 rings (SSSR count). The molecule has 0 unspecified atom stereocenters. The second-order valence-electron chi connectivity index (χ2n) is 6.20. The third-order valence-corrected chi connectivity index (χ3v) is 3.95. The van der Waals surface area contributed by atoms with Gasteiger partial charge in [-0.15, -0.1) is 0 Å². The van der Waals surface area contributed by atoms with E-state index in [4.69, 9.17) is 20.9 Å². The molecular formula is C22H24N2O2. The molecule has 4 nitrogen and oxygen atoms in total. The molecule has 26 heavy (non-hydrogen) atoms. The zero-order chi connectivity index (χ0) is 18.2. The van der Waals surface area contributed by atoms with E-state index in [2.05, 4.69) is 0 Å². The van der Waals surface area contributed by atoms with Gasteiger partial charge in [0.2, 0.25) is 0 Å². The Hall–Kier alpha value is -2.82. The molecule has 0 heterocycles. The number of rotatable bonds is 8. The van der Waals surface area contributed by atoms with Gasteiger partial charge in [0.15, 0.2) is 11.5 Å². The maximum atomic E-state index is 6.03. The number of hydrogen-bond acceptors (Lipinski definition) is 4. The van der Waals surface area contributed by atoms with Crippen molar-refractivity contribution in [3.63, 3.8) is 0 Å². The van der Waals surface area contributed by atoms with Crippen molar-refractivity contribution in [2.24, 2.45) is 11.5 Å². The Kier molecular flexibility index (Phi) is 6.25. The molecule has 0 fully saturated rings. The standard InChI is InChI=1S/C22H24N2O2/c23-22(24)14-19-11-12-20(25-15-17-7-3-1-4-8-17)21(13-19)26-16-18-9-5-2-6-10-18/h1-13,22H,14-16,23-24H2. The predicted octanol–water partition coefficient (Wildman–Crippen LogP) is 3.63. The van der Waals surface area contributed by atoms with Gasteiger partial charge >= 0.3 is 0 Å². The van der Waals surface area contributed by atoms with Crippen molar-refractivity contribution in [2.75, 3.05) is 0 Å². The zero-order valence-electron chi connectivity index (χ0n) is 14.7. The summed E-state index contributed by atoms with van der Waals surface area (Å²) in [4.78, 5) is 0. The molecule has 0 amide bonds. The molecule has 4 heteroatoms. The highest BCUT2D eigenvalue weighted by Crippen LogP contribution is 2.30. The first-order valence-corrected chi connectivity index (χ1v) is 8.68. The summed E-state index contributed by atoms with van der Waals surface area (Å²) in [6, 6.07) is 25.9. The molecule has 134 valence electrons. The van der Waals surface area contributed by atoms with E-state index in [-0.39, 0.29) is 0 Å². The van der Waals surface area contributed by atoms with Crippen molar-refractivity contribution in [1.82, 2.24) is 0 Å². The Morgan fingerprint density at radius 2 is 1.15 bits per heavy atom. The maximum absolute atomic E-state index is 6.03. The second kappa shape index (κ2) is 9.04. The highest BCUT2D eigenvalue weighted by Gasteiger charge is 2.09. The molecule has 3 aromatic rings. The fraction of sp³-hybridized carbons (Fsp3) is 0.182. The molecule has 0 atom stereocenters. The Bertz CT molecular complexity index is 805. The summed E-state index contributed by atoms with van der Waals surface area (Å²) in [5.74, 6) is 1.40. The first kappa shape index (κ1) is 18.0. The van der Waals surface area contributed by atoms with Gasteiger partial charge in [-0.05, 0) is 28.8 Å². The van der Waals surface area contributed by atoms with E-state index in [9.17, 15) is 0 Å². The van der Waals surface area contributed by atoms with Crippen LogP contribution in [0.1, 0.15) is 16.7 Å². The number of nitrogens with two attached hydrogens (primary N) is 2. The van der Waals surface area contributed by atoms with Crippen molar-refractivity contribution in [3.05, 3.63) is 95.6 Å². The van der Waals surface area contributed by atoms with Crippen LogP contribution in [0.15, 0.2) is 78.9 Å². The van der Waals surface area contributed by atoms with Gasteiger partial charge in [-0.2, -0.15) is 0 Å². The van der Waals surface area contributed by atoms with Crippen LogP contribution in [0.3, 0.4) is 0 Å². The van der Waals surface area contributed by atoms with Crippen molar-refractivity contribution < 1.29 is 9.47 Å². The van der Waals surface area contributed by atoms with Crippen LogP contribution >= 0.6 is 0 Å². The van der Waals surface area contributed by atoms with Gasteiger partial charge in [0, 0.05) is 6.42 Å². The maximum Gasteiger partial charge on any atom is 0.161 e. The SMILES string of the molecule is NC(N)Cc1ccc(OCc2ccccc2)c(OCc2ccccc2)c1. The molecule has 0 radical (unpaired) electrons. The van der Waals surface area contributed by atoms with Crippen LogP contribution in [0.25, 0.3) is 0 Å². The third kappa shape index (κ3) is 5.34. The summed E-state index contributed by atoms with van der Waals surface area (Å²) >= 11 is 0. The van der Waals surface area contributed by atoms with Crippen LogP contribution in [0, 0.1) is 0 Å². The van der Waals surface area contributed by atoms with E-state index in [1.165, 1.54) is 0 Å². The van der Waals surface area contributed by atoms with E-state index >= 15 is 0 Å². The van der Waals surface area contributed by atoms with E-state index in [0.29, 0.717) is 31.1 Å². The minimum atomic E-state index is -0.395. The smallest absolute Gasteiger partial charge is 0.161 e. The largest absolute Gasteiger partial charge is 0.485 e.